The summed E-state index contributed by atoms with van der Waals surface area (Å²) in [6.07, 6.45) is 5.79. The first-order valence-electron chi connectivity index (χ1n) is 8.29. The minimum absolute atomic E-state index is 0.393. The highest BCUT2D eigenvalue weighted by Crippen LogP contribution is 2.32. The van der Waals surface area contributed by atoms with Crippen LogP contribution in [0.1, 0.15) is 37.9 Å². The highest BCUT2D eigenvalue weighted by molar-refractivity contribution is 7.80. The maximum Gasteiger partial charge on any atom is 0.169 e. The first kappa shape index (κ1) is 17.3. The molecule has 1 fully saturated rings. The van der Waals surface area contributed by atoms with Gasteiger partial charge in [-0.2, -0.15) is 0 Å². The third-order valence-corrected chi connectivity index (χ3v) is 4.97. The molecule has 0 saturated carbocycles. The van der Waals surface area contributed by atoms with Gasteiger partial charge in [0, 0.05) is 38.6 Å². The maximum absolute atomic E-state index is 5.71. The Morgan fingerprint density at radius 2 is 2.14 bits per heavy atom. The Labute approximate surface area is 140 Å². The highest BCUT2D eigenvalue weighted by Gasteiger charge is 2.28. The number of hydrogen-bond acceptors (Lipinski definition) is 2. The van der Waals surface area contributed by atoms with Crippen molar-refractivity contribution >= 4 is 17.3 Å². The second-order valence-electron chi connectivity index (χ2n) is 6.76. The Morgan fingerprint density at radius 1 is 1.36 bits per heavy atom. The summed E-state index contributed by atoms with van der Waals surface area (Å²) in [7, 11) is 6.31. The lowest BCUT2D eigenvalue weighted by molar-refractivity contribution is 0.304. The summed E-state index contributed by atoms with van der Waals surface area (Å²) in [4.78, 5) is 4.58. The van der Waals surface area contributed by atoms with Crippen LogP contribution in [0.2, 0.25) is 0 Å². The second kappa shape index (κ2) is 7.97. The van der Waals surface area contributed by atoms with Crippen LogP contribution < -0.4 is 5.32 Å². The van der Waals surface area contributed by atoms with E-state index in [1.807, 2.05) is 0 Å². The van der Waals surface area contributed by atoms with Crippen molar-refractivity contribution in [2.45, 2.75) is 32.2 Å². The fraction of sp³-hybridized carbons (Fsp3) is 0.706. The van der Waals surface area contributed by atoms with Crippen LogP contribution in [0.5, 0.6) is 0 Å². The summed E-state index contributed by atoms with van der Waals surface area (Å²) in [6.45, 7) is 5.30. The molecule has 2 atom stereocenters. The number of aromatic nitrogens is 1. The van der Waals surface area contributed by atoms with Gasteiger partial charge in [-0.05, 0) is 63.6 Å². The summed E-state index contributed by atoms with van der Waals surface area (Å²) >= 11 is 5.71. The number of likely N-dealkylation sites (tertiary alicyclic amines) is 1. The van der Waals surface area contributed by atoms with E-state index in [1.165, 1.54) is 25.0 Å². The van der Waals surface area contributed by atoms with Gasteiger partial charge in [0.05, 0.1) is 6.04 Å². The minimum Gasteiger partial charge on any atom is -0.361 e. The SMILES string of the molecule is C[C@@H]1CC[C@H](c2cccn2C)N(C(=S)NCCN(C)C)CC1. The summed E-state index contributed by atoms with van der Waals surface area (Å²) in [5, 5.41) is 4.35. The van der Waals surface area contributed by atoms with Gasteiger partial charge in [-0.15, -0.1) is 0 Å². The molecule has 0 radical (unpaired) electrons. The van der Waals surface area contributed by atoms with Gasteiger partial charge < -0.3 is 19.7 Å². The molecule has 1 aromatic heterocycles. The average Bonchev–Trinajstić information content (AvgIpc) is 2.77. The molecular formula is C17H30N4S. The van der Waals surface area contributed by atoms with Gasteiger partial charge in [-0.3, -0.25) is 0 Å². The number of thiocarbonyl (C=S) groups is 1. The molecule has 1 aliphatic rings. The van der Waals surface area contributed by atoms with Crippen molar-refractivity contribution in [1.29, 1.82) is 0 Å². The Hall–Kier alpha value is -1.07. The molecule has 0 amide bonds. The third-order valence-electron chi connectivity index (χ3n) is 4.59. The molecule has 1 saturated heterocycles. The van der Waals surface area contributed by atoms with Crippen molar-refractivity contribution in [1.82, 2.24) is 19.7 Å². The average molecular weight is 323 g/mol. The molecule has 1 N–H and O–H groups in total. The lowest BCUT2D eigenvalue weighted by Gasteiger charge is -2.33. The molecule has 1 aliphatic heterocycles. The van der Waals surface area contributed by atoms with Gasteiger partial charge in [0.2, 0.25) is 0 Å². The Balaban J connectivity index is 2.09. The maximum atomic E-state index is 5.71. The minimum atomic E-state index is 0.393. The molecule has 0 aromatic carbocycles. The smallest absolute Gasteiger partial charge is 0.169 e. The van der Waals surface area contributed by atoms with E-state index in [1.54, 1.807) is 0 Å². The number of nitrogens with zero attached hydrogens (tertiary/aromatic N) is 3. The van der Waals surface area contributed by atoms with Gasteiger partial charge >= 0.3 is 0 Å². The summed E-state index contributed by atoms with van der Waals surface area (Å²) in [5.41, 5.74) is 1.37. The van der Waals surface area contributed by atoms with E-state index < -0.39 is 0 Å². The van der Waals surface area contributed by atoms with E-state index in [0.29, 0.717) is 6.04 Å². The van der Waals surface area contributed by atoms with Crippen LogP contribution >= 0.6 is 12.2 Å². The number of rotatable bonds is 4. The van der Waals surface area contributed by atoms with Crippen molar-refractivity contribution in [2.75, 3.05) is 33.7 Å². The molecule has 0 aliphatic carbocycles. The zero-order valence-corrected chi connectivity index (χ0v) is 15.2. The second-order valence-corrected chi connectivity index (χ2v) is 7.15. The van der Waals surface area contributed by atoms with Crippen LogP contribution in [0.15, 0.2) is 18.3 Å². The first-order valence-corrected chi connectivity index (χ1v) is 8.70. The van der Waals surface area contributed by atoms with E-state index in [-0.39, 0.29) is 0 Å². The van der Waals surface area contributed by atoms with Gasteiger partial charge in [-0.1, -0.05) is 6.92 Å². The van der Waals surface area contributed by atoms with E-state index in [9.17, 15) is 0 Å². The molecule has 2 rings (SSSR count). The zero-order chi connectivity index (χ0) is 16.1. The van der Waals surface area contributed by atoms with Gasteiger partial charge in [0.1, 0.15) is 0 Å². The van der Waals surface area contributed by atoms with Gasteiger partial charge in [0.25, 0.3) is 0 Å². The summed E-state index contributed by atoms with van der Waals surface area (Å²) in [6, 6.07) is 4.75. The Kier molecular flexibility index (Phi) is 6.26. The number of hydrogen-bond donors (Lipinski definition) is 1. The molecule has 0 spiro atoms. The van der Waals surface area contributed by atoms with Crippen LogP contribution in [0.4, 0.5) is 0 Å². The largest absolute Gasteiger partial charge is 0.361 e. The van der Waals surface area contributed by atoms with Crippen LogP contribution in [-0.2, 0) is 7.05 Å². The molecule has 5 heteroatoms. The normalized spacial score (nSPS) is 22.7. The Bertz CT molecular complexity index is 483. The predicted molar refractivity (Wildman–Crippen MR) is 97.0 cm³/mol. The van der Waals surface area contributed by atoms with Crippen molar-refractivity contribution in [3.05, 3.63) is 24.0 Å². The van der Waals surface area contributed by atoms with E-state index in [0.717, 1.165) is 30.7 Å². The topological polar surface area (TPSA) is 23.4 Å². The quantitative estimate of drug-likeness (QED) is 0.861. The third kappa shape index (κ3) is 4.46. The monoisotopic (exact) mass is 322 g/mol. The number of nitrogens with one attached hydrogen (secondary N) is 1. The van der Waals surface area contributed by atoms with Crippen LogP contribution in [0.3, 0.4) is 0 Å². The van der Waals surface area contributed by atoms with Crippen molar-refractivity contribution in [3.63, 3.8) is 0 Å². The summed E-state index contributed by atoms with van der Waals surface area (Å²) < 4.78 is 2.23. The van der Waals surface area contributed by atoms with Crippen molar-refractivity contribution in [3.8, 4) is 0 Å². The van der Waals surface area contributed by atoms with Gasteiger partial charge in [-0.25, -0.2) is 0 Å². The molecule has 0 bridgehead atoms. The first-order chi connectivity index (χ1) is 10.5. The van der Waals surface area contributed by atoms with Crippen LogP contribution in [0.25, 0.3) is 0 Å². The number of aryl methyl sites for hydroxylation is 1. The lowest BCUT2D eigenvalue weighted by atomic mass is 10.0. The molecule has 22 heavy (non-hydrogen) atoms. The summed E-state index contributed by atoms with van der Waals surface area (Å²) in [5.74, 6) is 0.775. The molecule has 2 heterocycles. The standard InChI is InChI=1S/C17H30N4S/c1-14-7-8-16(15-6-5-11-20(15)4)21(12-9-14)17(22)18-10-13-19(2)3/h5-6,11,14,16H,7-10,12-13H2,1-4H3,(H,18,22)/t14-,16-/m1/s1. The zero-order valence-electron chi connectivity index (χ0n) is 14.4. The van der Waals surface area contributed by atoms with E-state index in [2.05, 4.69) is 66.1 Å². The van der Waals surface area contributed by atoms with Crippen LogP contribution in [0, 0.1) is 5.92 Å². The number of likely N-dealkylation sites (N-methyl/N-ethyl adjacent to an activating group) is 1. The highest BCUT2D eigenvalue weighted by atomic mass is 32.1. The molecule has 4 nitrogen and oxygen atoms in total. The van der Waals surface area contributed by atoms with Gasteiger partial charge in [0.15, 0.2) is 5.11 Å². The van der Waals surface area contributed by atoms with Crippen molar-refractivity contribution < 1.29 is 0 Å². The lowest BCUT2D eigenvalue weighted by Crippen LogP contribution is -2.44. The van der Waals surface area contributed by atoms with E-state index in [4.69, 9.17) is 12.2 Å². The fourth-order valence-corrected chi connectivity index (χ4v) is 3.44. The fourth-order valence-electron chi connectivity index (χ4n) is 3.12. The Morgan fingerprint density at radius 3 is 2.77 bits per heavy atom. The van der Waals surface area contributed by atoms with Crippen molar-refractivity contribution in [2.24, 2.45) is 13.0 Å². The molecular weight excluding hydrogens is 292 g/mol. The predicted octanol–water partition coefficient (Wildman–Crippen LogP) is 2.62. The van der Waals surface area contributed by atoms with E-state index >= 15 is 0 Å². The van der Waals surface area contributed by atoms with Crippen LogP contribution in [-0.4, -0.2) is 53.2 Å². The molecule has 1 aromatic rings. The molecule has 124 valence electrons. The molecule has 0 unspecified atom stereocenters.